The Morgan fingerprint density at radius 3 is 2.59 bits per heavy atom. The van der Waals surface area contributed by atoms with E-state index >= 15 is 0 Å². The van der Waals surface area contributed by atoms with Gasteiger partial charge in [-0.3, -0.25) is 19.7 Å². The van der Waals surface area contributed by atoms with Crippen molar-refractivity contribution < 1.29 is 29.8 Å². The molecule has 194 valence electrons. The lowest BCUT2D eigenvalue weighted by molar-refractivity contribution is -0.384. The van der Waals surface area contributed by atoms with Gasteiger partial charge in [-0.05, 0) is 62.4 Å². The Bertz CT molecular complexity index is 1300. The Morgan fingerprint density at radius 2 is 1.92 bits per heavy atom. The number of nitrogens with zero attached hydrogens (tertiary/aromatic N) is 2. The first-order valence-electron chi connectivity index (χ1n) is 12.2. The number of phenols is 1. The number of hydrogen-bond acceptors (Lipinski definition) is 7. The van der Waals surface area contributed by atoms with Crippen molar-refractivity contribution in [2.45, 2.75) is 39.2 Å². The topological polar surface area (TPSA) is 141 Å². The van der Waals surface area contributed by atoms with E-state index < -0.39 is 47.2 Å². The molecule has 0 radical (unpaired) electrons. The van der Waals surface area contributed by atoms with Gasteiger partial charge in [0.1, 0.15) is 5.75 Å². The largest absolute Gasteiger partial charge is 0.508 e. The van der Waals surface area contributed by atoms with Crippen molar-refractivity contribution in [1.82, 2.24) is 0 Å². The summed E-state index contributed by atoms with van der Waals surface area (Å²) in [7, 11) is 0. The highest BCUT2D eigenvalue weighted by molar-refractivity contribution is 6.22. The van der Waals surface area contributed by atoms with Crippen LogP contribution in [-0.2, 0) is 9.59 Å². The molecule has 4 rings (SSSR count). The molecule has 0 spiro atoms. The molecule has 9 nitrogen and oxygen atoms in total. The van der Waals surface area contributed by atoms with Gasteiger partial charge in [-0.15, -0.1) is 0 Å². The second kappa shape index (κ2) is 10.7. The molecule has 1 saturated heterocycles. The first kappa shape index (κ1) is 26.2. The number of non-ortho nitro benzene ring substituents is 1. The molecule has 0 unspecified atom stereocenters. The zero-order valence-corrected chi connectivity index (χ0v) is 20.7. The van der Waals surface area contributed by atoms with Gasteiger partial charge < -0.3 is 15.3 Å². The lowest BCUT2D eigenvalue weighted by Gasteiger charge is -2.35. The highest BCUT2D eigenvalue weighted by atomic mass is 16.6. The van der Waals surface area contributed by atoms with Gasteiger partial charge in [-0.1, -0.05) is 35.4 Å². The number of amides is 2. The minimum absolute atomic E-state index is 0.128. The summed E-state index contributed by atoms with van der Waals surface area (Å²) in [6, 6.07) is 12.2. The van der Waals surface area contributed by atoms with E-state index in [-0.39, 0.29) is 23.5 Å². The molecular formula is C28H30N2O7. The number of nitro benzene ring substituents is 1. The summed E-state index contributed by atoms with van der Waals surface area (Å²) < 4.78 is 0. The van der Waals surface area contributed by atoms with E-state index in [1.165, 1.54) is 24.3 Å². The maximum absolute atomic E-state index is 13.5. The Labute approximate surface area is 214 Å². The summed E-state index contributed by atoms with van der Waals surface area (Å²) in [5.74, 6) is -3.09. The molecule has 3 N–H and O–H groups in total. The molecule has 1 aliphatic carbocycles. The molecule has 1 aliphatic heterocycles. The number of rotatable bonds is 8. The van der Waals surface area contributed by atoms with Gasteiger partial charge in [0.15, 0.2) is 0 Å². The van der Waals surface area contributed by atoms with Crippen LogP contribution in [0.3, 0.4) is 0 Å². The van der Waals surface area contributed by atoms with Gasteiger partial charge in [0.25, 0.3) is 5.69 Å². The summed E-state index contributed by atoms with van der Waals surface area (Å²) in [6.45, 7) is 3.32. The van der Waals surface area contributed by atoms with Crippen molar-refractivity contribution in [3.05, 3.63) is 80.9 Å². The van der Waals surface area contributed by atoms with Gasteiger partial charge >= 0.3 is 0 Å². The molecule has 37 heavy (non-hydrogen) atoms. The molecule has 2 amide bonds. The predicted octanol–water partition coefficient (Wildman–Crippen LogP) is 3.98. The van der Waals surface area contributed by atoms with Crippen molar-refractivity contribution in [1.29, 1.82) is 0 Å². The van der Waals surface area contributed by atoms with Crippen LogP contribution in [0.1, 0.15) is 38.7 Å². The van der Waals surface area contributed by atoms with Crippen LogP contribution in [0.25, 0.3) is 6.08 Å². The number of imide groups is 1. The Hall–Kier alpha value is -3.82. The van der Waals surface area contributed by atoms with E-state index in [9.17, 15) is 35.0 Å². The molecule has 4 atom stereocenters. The van der Waals surface area contributed by atoms with Crippen LogP contribution >= 0.6 is 0 Å². The number of aliphatic hydroxyl groups is 2. The molecule has 2 aromatic carbocycles. The number of phenolic OH excluding ortho intramolecular Hbond substituents is 1. The van der Waals surface area contributed by atoms with E-state index in [1.807, 2.05) is 19.1 Å². The van der Waals surface area contributed by atoms with E-state index in [2.05, 4.69) is 0 Å². The van der Waals surface area contributed by atoms with E-state index in [1.54, 1.807) is 25.1 Å². The van der Waals surface area contributed by atoms with Gasteiger partial charge in [0, 0.05) is 18.1 Å². The van der Waals surface area contributed by atoms with Gasteiger partial charge in [-0.25, -0.2) is 4.90 Å². The van der Waals surface area contributed by atoms with Crippen molar-refractivity contribution in [2.75, 3.05) is 11.5 Å². The fourth-order valence-electron chi connectivity index (χ4n) is 5.61. The maximum atomic E-state index is 13.5. The fourth-order valence-corrected chi connectivity index (χ4v) is 5.61. The second-order valence-corrected chi connectivity index (χ2v) is 9.79. The van der Waals surface area contributed by atoms with Gasteiger partial charge in [0.05, 0.1) is 35.2 Å². The minimum Gasteiger partial charge on any atom is -0.508 e. The molecule has 9 heteroatoms. The number of benzene rings is 2. The zero-order valence-electron chi connectivity index (χ0n) is 20.7. The number of aromatic hydroxyl groups is 1. The number of hydrogen-bond donors (Lipinski definition) is 3. The van der Waals surface area contributed by atoms with Gasteiger partial charge in [0.2, 0.25) is 11.8 Å². The molecular weight excluding hydrogens is 476 g/mol. The zero-order chi connectivity index (χ0) is 26.9. The van der Waals surface area contributed by atoms with Crippen molar-refractivity contribution in [3.63, 3.8) is 0 Å². The smallest absolute Gasteiger partial charge is 0.271 e. The summed E-state index contributed by atoms with van der Waals surface area (Å²) in [6.07, 6.45) is 2.18. The Balaban J connectivity index is 1.55. The van der Waals surface area contributed by atoms with E-state index in [0.29, 0.717) is 18.4 Å². The van der Waals surface area contributed by atoms with Crippen LogP contribution in [0, 0.1) is 27.9 Å². The molecule has 0 bridgehead atoms. The lowest BCUT2D eigenvalue weighted by atomic mass is 9.68. The summed E-state index contributed by atoms with van der Waals surface area (Å²) >= 11 is 0. The van der Waals surface area contributed by atoms with Crippen molar-refractivity contribution in [3.8, 4) is 5.75 Å². The first-order valence-corrected chi connectivity index (χ1v) is 12.2. The monoisotopic (exact) mass is 506 g/mol. The number of fused-ring (bicyclic) bond motifs is 1. The molecule has 1 fully saturated rings. The molecule has 2 aromatic rings. The Morgan fingerprint density at radius 1 is 1.19 bits per heavy atom. The molecule has 1 heterocycles. The predicted molar refractivity (Wildman–Crippen MR) is 137 cm³/mol. The minimum atomic E-state index is -0.916. The number of nitro groups is 1. The van der Waals surface area contributed by atoms with Crippen LogP contribution in [-0.4, -0.2) is 44.8 Å². The summed E-state index contributed by atoms with van der Waals surface area (Å²) in [5, 5.41) is 42.3. The van der Waals surface area contributed by atoms with Crippen LogP contribution in [0.15, 0.2) is 65.3 Å². The molecule has 0 aromatic heterocycles. The Kier molecular flexibility index (Phi) is 7.56. The molecule has 2 aliphatic rings. The van der Waals surface area contributed by atoms with Crippen LogP contribution in [0.5, 0.6) is 5.75 Å². The van der Waals surface area contributed by atoms with Crippen molar-refractivity contribution in [2.24, 2.45) is 17.8 Å². The average molecular weight is 507 g/mol. The first-order chi connectivity index (χ1) is 17.6. The second-order valence-electron chi connectivity index (χ2n) is 9.79. The standard InChI is InChI=1S/C28H30N2O7/c1-16(11-18-5-3-8-21(32)13-18)9-10-24(33)25-17(2)12-22-26(23(25)15-31)28(35)29(27(22)34)19-6-4-7-20(14-19)30(36)37/h3-8,11,13-14,22-24,26,31-33H,9-10,12,15H2,1-2H3/b16-11+/t22-,23+,24-,26-/m1/s1. The quantitative estimate of drug-likeness (QED) is 0.213. The third kappa shape index (κ3) is 5.19. The highest BCUT2D eigenvalue weighted by Gasteiger charge is 2.54. The maximum Gasteiger partial charge on any atom is 0.271 e. The van der Waals surface area contributed by atoms with Crippen LogP contribution < -0.4 is 4.90 Å². The van der Waals surface area contributed by atoms with E-state index in [0.717, 1.165) is 21.6 Å². The van der Waals surface area contributed by atoms with E-state index in [4.69, 9.17) is 0 Å². The number of anilines is 1. The van der Waals surface area contributed by atoms with Crippen LogP contribution in [0.4, 0.5) is 11.4 Å². The lowest BCUT2D eigenvalue weighted by Crippen LogP contribution is -2.38. The summed E-state index contributed by atoms with van der Waals surface area (Å²) in [5.41, 5.74) is 3.07. The van der Waals surface area contributed by atoms with Gasteiger partial charge in [-0.2, -0.15) is 0 Å². The average Bonchev–Trinajstić information content (AvgIpc) is 3.10. The summed E-state index contributed by atoms with van der Waals surface area (Å²) in [4.78, 5) is 38.3. The number of carbonyl (C=O) groups is 2. The third-order valence-corrected chi connectivity index (χ3v) is 7.28. The SMILES string of the molecule is CC1=C([C@H](O)CC/C(C)=C/c2cccc(O)c2)[C@H](CO)[C@@H]2C(=O)N(c3cccc([N+](=O)[O-])c3)C(=O)[C@@H]2C1. The molecule has 0 saturated carbocycles. The van der Waals surface area contributed by atoms with Crippen molar-refractivity contribution >= 4 is 29.3 Å². The highest BCUT2D eigenvalue weighted by Crippen LogP contribution is 2.47. The number of carbonyl (C=O) groups excluding carboxylic acids is 2. The third-order valence-electron chi connectivity index (χ3n) is 7.28. The normalized spacial score (nSPS) is 22.9. The fraction of sp³-hybridized carbons (Fsp3) is 0.357. The van der Waals surface area contributed by atoms with Crippen LogP contribution in [0.2, 0.25) is 0 Å². The number of aliphatic hydroxyl groups excluding tert-OH is 2. The number of allylic oxidation sites excluding steroid dienone is 2.